The molecule has 0 fully saturated rings. The molecular formula is C9H7O4. The van der Waals surface area contributed by atoms with Crippen LogP contribution in [0.5, 0.6) is 0 Å². The van der Waals surface area contributed by atoms with Gasteiger partial charge in [0.25, 0.3) is 0 Å². The Hall–Kier alpha value is -1.84. The molecule has 0 saturated heterocycles. The van der Waals surface area contributed by atoms with Gasteiger partial charge in [0.2, 0.25) is 0 Å². The summed E-state index contributed by atoms with van der Waals surface area (Å²) in [5.41, 5.74) is 0.420. The van der Waals surface area contributed by atoms with Crippen molar-refractivity contribution in [1.29, 1.82) is 0 Å². The number of rotatable bonds is 3. The lowest BCUT2D eigenvalue weighted by Gasteiger charge is -1.98. The normalized spacial score (nSPS) is 9.23. The van der Waals surface area contributed by atoms with Gasteiger partial charge in [0.1, 0.15) is 0 Å². The number of benzene rings is 1. The standard InChI is InChI=1S/C9H7O4/c10-8(6-13-9(11)12)7-4-2-1-3-5-7/h1-5H,6H2. The Morgan fingerprint density at radius 2 is 1.77 bits per heavy atom. The molecule has 1 aromatic rings. The Morgan fingerprint density at radius 1 is 1.15 bits per heavy atom. The van der Waals surface area contributed by atoms with Gasteiger partial charge in [0.05, 0.1) is 0 Å². The third-order valence-electron chi connectivity index (χ3n) is 1.42. The van der Waals surface area contributed by atoms with E-state index in [0.717, 1.165) is 0 Å². The van der Waals surface area contributed by atoms with Gasteiger partial charge in [-0.3, -0.25) is 4.79 Å². The van der Waals surface area contributed by atoms with Crippen LogP contribution in [0.15, 0.2) is 30.3 Å². The molecule has 0 amide bonds. The van der Waals surface area contributed by atoms with Gasteiger partial charge in [0.15, 0.2) is 12.4 Å². The Labute approximate surface area is 74.8 Å². The largest absolute Gasteiger partial charge is 0.550 e. The first kappa shape index (κ1) is 9.25. The Balaban J connectivity index is 2.54. The molecule has 0 atom stereocenters. The second-order valence-electron chi connectivity index (χ2n) is 2.33. The zero-order valence-electron chi connectivity index (χ0n) is 6.73. The van der Waals surface area contributed by atoms with Crippen LogP contribution in [0.4, 0.5) is 4.79 Å². The summed E-state index contributed by atoms with van der Waals surface area (Å²) in [6.07, 6.45) is -1.69. The van der Waals surface area contributed by atoms with E-state index >= 15 is 0 Å². The van der Waals surface area contributed by atoms with E-state index in [-0.39, 0.29) is 5.78 Å². The highest BCUT2D eigenvalue weighted by atomic mass is 16.7. The molecule has 0 aliphatic heterocycles. The predicted octanol–water partition coefficient (Wildman–Crippen LogP) is 1.44. The van der Waals surface area contributed by atoms with E-state index in [1.165, 1.54) is 0 Å². The molecule has 4 heteroatoms. The fraction of sp³-hybridized carbons (Fsp3) is 0.111. The van der Waals surface area contributed by atoms with E-state index in [0.29, 0.717) is 5.56 Å². The van der Waals surface area contributed by atoms with Crippen molar-refractivity contribution in [3.05, 3.63) is 35.9 Å². The van der Waals surface area contributed by atoms with Crippen molar-refractivity contribution in [2.24, 2.45) is 0 Å². The zero-order valence-corrected chi connectivity index (χ0v) is 6.73. The SMILES string of the molecule is [O]C(=O)OCC(=O)c1ccccc1. The maximum atomic E-state index is 11.1. The van der Waals surface area contributed by atoms with Gasteiger partial charge in [-0.2, -0.15) is 9.90 Å². The second kappa shape index (κ2) is 4.25. The second-order valence-corrected chi connectivity index (χ2v) is 2.33. The first-order chi connectivity index (χ1) is 6.20. The third-order valence-corrected chi connectivity index (χ3v) is 1.42. The summed E-state index contributed by atoms with van der Waals surface area (Å²) in [6, 6.07) is 8.30. The summed E-state index contributed by atoms with van der Waals surface area (Å²) >= 11 is 0. The van der Waals surface area contributed by atoms with Crippen LogP contribution in [-0.2, 0) is 9.84 Å². The van der Waals surface area contributed by atoms with Gasteiger partial charge >= 0.3 is 6.16 Å². The molecule has 1 rings (SSSR count). The molecule has 13 heavy (non-hydrogen) atoms. The highest BCUT2D eigenvalue weighted by molar-refractivity contribution is 5.97. The fourth-order valence-corrected chi connectivity index (χ4v) is 0.832. The van der Waals surface area contributed by atoms with E-state index in [2.05, 4.69) is 4.74 Å². The quantitative estimate of drug-likeness (QED) is 0.520. The summed E-state index contributed by atoms with van der Waals surface area (Å²) in [6.45, 7) is -0.494. The Bertz CT molecular complexity index is 305. The number of carbonyl (C=O) groups is 2. The first-order valence-electron chi connectivity index (χ1n) is 3.62. The number of ether oxygens (including phenoxy) is 1. The lowest BCUT2D eigenvalue weighted by atomic mass is 10.1. The summed E-state index contributed by atoms with van der Waals surface area (Å²) in [5, 5.41) is 9.85. The number of hydrogen-bond donors (Lipinski definition) is 0. The molecule has 0 unspecified atom stereocenters. The Morgan fingerprint density at radius 3 is 2.31 bits per heavy atom. The number of hydrogen-bond acceptors (Lipinski definition) is 3. The van der Waals surface area contributed by atoms with Crippen LogP contribution in [0.25, 0.3) is 0 Å². The van der Waals surface area contributed by atoms with E-state index in [9.17, 15) is 14.7 Å². The van der Waals surface area contributed by atoms with Crippen LogP contribution in [0.2, 0.25) is 0 Å². The molecule has 1 aromatic carbocycles. The molecule has 0 aliphatic rings. The van der Waals surface area contributed by atoms with Crippen LogP contribution in [0, 0.1) is 0 Å². The van der Waals surface area contributed by atoms with Crippen molar-refractivity contribution in [2.45, 2.75) is 0 Å². The summed E-state index contributed by atoms with van der Waals surface area (Å²) < 4.78 is 4.01. The van der Waals surface area contributed by atoms with E-state index in [4.69, 9.17) is 0 Å². The molecule has 0 aromatic heterocycles. The van der Waals surface area contributed by atoms with Crippen LogP contribution < -0.4 is 0 Å². The number of carbonyl (C=O) groups excluding carboxylic acids is 2. The van der Waals surface area contributed by atoms with Crippen molar-refractivity contribution in [2.75, 3.05) is 6.61 Å². The minimum absolute atomic E-state index is 0.384. The van der Waals surface area contributed by atoms with Gasteiger partial charge in [0, 0.05) is 5.56 Å². The number of Topliss-reactive ketones (excluding diaryl/α,β-unsaturated/α-hetero) is 1. The fourth-order valence-electron chi connectivity index (χ4n) is 0.832. The van der Waals surface area contributed by atoms with Crippen LogP contribution >= 0.6 is 0 Å². The van der Waals surface area contributed by atoms with Crippen molar-refractivity contribution in [3.63, 3.8) is 0 Å². The predicted molar refractivity (Wildman–Crippen MR) is 42.8 cm³/mol. The molecule has 0 heterocycles. The maximum Gasteiger partial charge on any atom is 0.550 e. The molecule has 0 saturated carbocycles. The topological polar surface area (TPSA) is 63.3 Å². The molecule has 67 valence electrons. The van der Waals surface area contributed by atoms with E-state index in [1.807, 2.05) is 0 Å². The molecule has 1 radical (unpaired) electrons. The average molecular weight is 179 g/mol. The Kier molecular flexibility index (Phi) is 3.03. The van der Waals surface area contributed by atoms with Crippen molar-refractivity contribution < 1.29 is 19.4 Å². The molecular weight excluding hydrogens is 172 g/mol. The minimum atomic E-state index is -1.69. The minimum Gasteiger partial charge on any atom is -0.423 e. The monoisotopic (exact) mass is 179 g/mol. The smallest absolute Gasteiger partial charge is 0.423 e. The summed E-state index contributed by atoms with van der Waals surface area (Å²) in [7, 11) is 0. The maximum absolute atomic E-state index is 11.1. The molecule has 4 nitrogen and oxygen atoms in total. The first-order valence-corrected chi connectivity index (χ1v) is 3.62. The summed E-state index contributed by atoms with van der Waals surface area (Å²) in [4.78, 5) is 21.0. The van der Waals surface area contributed by atoms with Gasteiger partial charge in [-0.05, 0) is 0 Å². The molecule has 0 aliphatic carbocycles. The third kappa shape index (κ3) is 2.94. The molecule has 0 N–H and O–H groups in total. The van der Waals surface area contributed by atoms with Gasteiger partial charge in [-0.15, -0.1) is 0 Å². The van der Waals surface area contributed by atoms with E-state index in [1.54, 1.807) is 30.3 Å². The average Bonchev–Trinajstić information content (AvgIpc) is 2.15. The zero-order chi connectivity index (χ0) is 9.68. The lowest BCUT2D eigenvalue weighted by Crippen LogP contribution is -2.11. The lowest BCUT2D eigenvalue weighted by molar-refractivity contribution is 0.0579. The van der Waals surface area contributed by atoms with Gasteiger partial charge < -0.3 is 4.74 Å². The van der Waals surface area contributed by atoms with Gasteiger partial charge in [-0.25, -0.2) is 0 Å². The van der Waals surface area contributed by atoms with Gasteiger partial charge in [-0.1, -0.05) is 30.3 Å². The van der Waals surface area contributed by atoms with Crippen LogP contribution in [-0.4, -0.2) is 18.5 Å². The highest BCUT2D eigenvalue weighted by Gasteiger charge is 2.08. The van der Waals surface area contributed by atoms with Crippen LogP contribution in [0.3, 0.4) is 0 Å². The molecule has 0 bridgehead atoms. The van der Waals surface area contributed by atoms with Crippen LogP contribution in [0.1, 0.15) is 10.4 Å². The highest BCUT2D eigenvalue weighted by Crippen LogP contribution is 1.99. The number of ketones is 1. The van der Waals surface area contributed by atoms with Crippen molar-refractivity contribution >= 4 is 11.9 Å². The van der Waals surface area contributed by atoms with E-state index < -0.39 is 12.8 Å². The van der Waals surface area contributed by atoms with Crippen molar-refractivity contribution in [1.82, 2.24) is 0 Å². The molecule has 0 spiro atoms. The summed E-state index contributed by atoms with van der Waals surface area (Å²) in [5.74, 6) is -0.384. The van der Waals surface area contributed by atoms with Crippen molar-refractivity contribution in [3.8, 4) is 0 Å².